The molecule has 4 nitrogen and oxygen atoms in total. The van der Waals surface area contributed by atoms with E-state index in [1.807, 2.05) is 53.2 Å². The first-order valence-corrected chi connectivity index (χ1v) is 10.7. The number of aromatic nitrogens is 3. The summed E-state index contributed by atoms with van der Waals surface area (Å²) in [7, 11) is -0.971. The highest BCUT2D eigenvalue weighted by Gasteiger charge is 2.30. The van der Waals surface area contributed by atoms with Crippen molar-refractivity contribution in [2.45, 2.75) is 28.8 Å². The topological polar surface area (TPSA) is 47.8 Å². The molecule has 25 heavy (non-hydrogen) atoms. The third-order valence-electron chi connectivity index (χ3n) is 4.06. The van der Waals surface area contributed by atoms with E-state index in [1.165, 1.54) is 12.8 Å². The van der Waals surface area contributed by atoms with E-state index < -0.39 is 10.8 Å². The van der Waals surface area contributed by atoms with Gasteiger partial charge in [0, 0.05) is 22.3 Å². The van der Waals surface area contributed by atoms with E-state index in [1.54, 1.807) is 11.8 Å². The van der Waals surface area contributed by atoms with Gasteiger partial charge >= 0.3 is 0 Å². The zero-order valence-corrected chi connectivity index (χ0v) is 15.4. The Labute approximate surface area is 154 Å². The second kappa shape index (κ2) is 7.54. The number of hydrogen-bond donors (Lipinski definition) is 0. The molecule has 0 amide bonds. The van der Waals surface area contributed by atoms with Gasteiger partial charge in [0.1, 0.15) is 5.82 Å². The van der Waals surface area contributed by atoms with Crippen molar-refractivity contribution in [1.82, 2.24) is 14.8 Å². The van der Waals surface area contributed by atoms with Gasteiger partial charge in [-0.2, -0.15) is 0 Å². The first-order chi connectivity index (χ1) is 12.3. The van der Waals surface area contributed by atoms with E-state index in [0.717, 1.165) is 27.3 Å². The average Bonchev–Trinajstić information content (AvgIpc) is 3.43. The Bertz CT molecular complexity index is 861. The maximum Gasteiger partial charge on any atom is 0.209 e. The summed E-state index contributed by atoms with van der Waals surface area (Å²) in [4.78, 5) is 5.61. The Balaban J connectivity index is 1.44. The summed E-state index contributed by atoms with van der Waals surface area (Å²) in [6, 6.07) is 19.8. The minimum atomic E-state index is -0.971. The summed E-state index contributed by atoms with van der Waals surface area (Å²) in [6.07, 6.45) is 2.38. The summed E-state index contributed by atoms with van der Waals surface area (Å²) in [6.45, 7) is 0. The predicted molar refractivity (Wildman–Crippen MR) is 102 cm³/mol. The Kier molecular flexibility index (Phi) is 4.99. The fourth-order valence-corrected chi connectivity index (χ4v) is 4.74. The molecular weight excluding hydrogens is 350 g/mol. The summed E-state index contributed by atoms with van der Waals surface area (Å²) >= 11 is 1.58. The third-order valence-corrected chi connectivity index (χ3v) is 6.53. The van der Waals surface area contributed by atoms with E-state index in [0.29, 0.717) is 11.7 Å². The number of nitrogens with zero attached hydrogens (tertiary/aromatic N) is 3. The molecule has 0 bridgehead atoms. The molecule has 1 aromatic heterocycles. The van der Waals surface area contributed by atoms with Crippen LogP contribution in [0.3, 0.4) is 0 Å². The smallest absolute Gasteiger partial charge is 0.209 e. The van der Waals surface area contributed by atoms with Gasteiger partial charge in [-0.05, 0) is 37.1 Å². The molecule has 2 aromatic carbocycles. The highest BCUT2D eigenvalue weighted by atomic mass is 32.2. The molecule has 6 heteroatoms. The summed E-state index contributed by atoms with van der Waals surface area (Å²) in [5, 5.41) is 5.45. The van der Waals surface area contributed by atoms with Crippen LogP contribution in [-0.4, -0.2) is 30.5 Å². The number of rotatable bonds is 7. The lowest BCUT2D eigenvalue weighted by molar-refractivity contribution is 0.684. The van der Waals surface area contributed by atoms with Crippen molar-refractivity contribution in [3.8, 4) is 5.69 Å². The molecule has 1 atom stereocenters. The van der Waals surface area contributed by atoms with Crippen LogP contribution < -0.4 is 0 Å². The molecule has 4 rings (SSSR count). The minimum absolute atomic E-state index is 0.528. The Morgan fingerprint density at radius 2 is 1.72 bits per heavy atom. The highest BCUT2D eigenvalue weighted by molar-refractivity contribution is 8.00. The molecule has 1 aliphatic carbocycles. The van der Waals surface area contributed by atoms with Crippen LogP contribution in [0.2, 0.25) is 0 Å². The molecule has 1 saturated carbocycles. The summed E-state index contributed by atoms with van der Waals surface area (Å²) in [5.41, 5.74) is 1.05. The van der Waals surface area contributed by atoms with Gasteiger partial charge in [0.2, 0.25) is 5.16 Å². The van der Waals surface area contributed by atoms with Crippen LogP contribution in [0.25, 0.3) is 5.69 Å². The second-order valence-electron chi connectivity index (χ2n) is 5.99. The number of benzene rings is 2. The molecular formula is C19H19N3OS2. The third kappa shape index (κ3) is 4.02. The Morgan fingerprint density at radius 1 is 1.04 bits per heavy atom. The standard InChI is InChI=1S/C19H19N3OS2/c23-25(17-9-5-2-6-10-17)14-13-24-19-20-18(15-11-12-15)22(21-19)16-7-3-1-4-8-16/h1-10,15H,11-14H2. The molecule has 0 N–H and O–H groups in total. The fraction of sp³-hybridized carbons (Fsp3) is 0.263. The van der Waals surface area contributed by atoms with E-state index >= 15 is 0 Å². The first-order valence-electron chi connectivity index (χ1n) is 8.40. The number of thioether (sulfide) groups is 1. The molecule has 1 heterocycles. The van der Waals surface area contributed by atoms with Gasteiger partial charge in [0.25, 0.3) is 0 Å². The molecule has 128 valence electrons. The molecule has 0 spiro atoms. The van der Waals surface area contributed by atoms with Gasteiger partial charge in [0.05, 0.1) is 16.5 Å². The van der Waals surface area contributed by atoms with Gasteiger partial charge < -0.3 is 0 Å². The second-order valence-corrected chi connectivity index (χ2v) is 8.62. The molecule has 0 saturated heterocycles. The van der Waals surface area contributed by atoms with Gasteiger partial charge in [-0.25, -0.2) is 9.67 Å². The SMILES string of the molecule is O=S(CCSc1nc(C2CC2)n(-c2ccccc2)n1)c1ccccc1. The maximum absolute atomic E-state index is 12.3. The zero-order valence-electron chi connectivity index (χ0n) is 13.7. The number of hydrogen-bond acceptors (Lipinski definition) is 4. The molecule has 0 aliphatic heterocycles. The van der Waals surface area contributed by atoms with Crippen molar-refractivity contribution in [2.75, 3.05) is 11.5 Å². The minimum Gasteiger partial charge on any atom is -0.254 e. The van der Waals surface area contributed by atoms with E-state index in [2.05, 4.69) is 17.2 Å². The molecule has 1 aliphatic rings. The van der Waals surface area contributed by atoms with Crippen LogP contribution in [-0.2, 0) is 10.8 Å². The van der Waals surface area contributed by atoms with Gasteiger partial charge in [0.15, 0.2) is 0 Å². The van der Waals surface area contributed by atoms with Crippen LogP contribution in [0.5, 0.6) is 0 Å². The van der Waals surface area contributed by atoms with Gasteiger partial charge in [-0.15, -0.1) is 5.10 Å². The average molecular weight is 370 g/mol. The van der Waals surface area contributed by atoms with Crippen molar-refractivity contribution in [1.29, 1.82) is 0 Å². The van der Waals surface area contributed by atoms with Crippen LogP contribution in [0, 0.1) is 0 Å². The summed E-state index contributed by atoms with van der Waals surface area (Å²) in [5.74, 6) is 2.93. The van der Waals surface area contributed by atoms with Gasteiger partial charge in [-0.3, -0.25) is 4.21 Å². The van der Waals surface area contributed by atoms with E-state index in [9.17, 15) is 4.21 Å². The molecule has 1 fully saturated rings. The zero-order chi connectivity index (χ0) is 17.1. The normalized spacial score (nSPS) is 15.2. The summed E-state index contributed by atoms with van der Waals surface area (Å²) < 4.78 is 14.3. The molecule has 1 unspecified atom stereocenters. The molecule has 3 aromatic rings. The first kappa shape index (κ1) is 16.5. The Hall–Kier alpha value is -1.92. The van der Waals surface area contributed by atoms with Crippen LogP contribution >= 0.6 is 11.8 Å². The van der Waals surface area contributed by atoms with Gasteiger partial charge in [-0.1, -0.05) is 48.2 Å². The lowest BCUT2D eigenvalue weighted by Gasteiger charge is -2.03. The molecule has 0 radical (unpaired) electrons. The van der Waals surface area contributed by atoms with Crippen LogP contribution in [0.1, 0.15) is 24.6 Å². The highest BCUT2D eigenvalue weighted by Crippen LogP contribution is 2.40. The maximum atomic E-state index is 12.3. The van der Waals surface area contributed by atoms with Crippen molar-refractivity contribution in [2.24, 2.45) is 0 Å². The fourth-order valence-electron chi connectivity index (χ4n) is 2.63. The Morgan fingerprint density at radius 3 is 2.40 bits per heavy atom. The van der Waals surface area contributed by atoms with Crippen molar-refractivity contribution in [3.63, 3.8) is 0 Å². The van der Waals surface area contributed by atoms with Crippen molar-refractivity contribution >= 4 is 22.6 Å². The van der Waals surface area contributed by atoms with E-state index in [4.69, 9.17) is 4.98 Å². The number of para-hydroxylation sites is 1. The largest absolute Gasteiger partial charge is 0.254 e. The van der Waals surface area contributed by atoms with E-state index in [-0.39, 0.29) is 0 Å². The van der Waals surface area contributed by atoms with Crippen LogP contribution in [0.15, 0.2) is 70.7 Å². The van der Waals surface area contributed by atoms with Crippen molar-refractivity contribution in [3.05, 3.63) is 66.5 Å². The predicted octanol–water partition coefficient (Wildman–Crippen LogP) is 4.04. The van der Waals surface area contributed by atoms with Crippen molar-refractivity contribution < 1.29 is 4.21 Å². The van der Waals surface area contributed by atoms with Crippen LogP contribution in [0.4, 0.5) is 0 Å². The quantitative estimate of drug-likeness (QED) is 0.590. The monoisotopic (exact) mass is 369 g/mol. The lowest BCUT2D eigenvalue weighted by Crippen LogP contribution is -2.01. The lowest BCUT2D eigenvalue weighted by atomic mass is 10.3.